The molecule has 2 unspecified atom stereocenters. The standard InChI is InChI=1S/C19H24N2O/c1-13-10-11-18(12-14(13)2)21-19(22)16(4)20-15(3)17-8-6-5-7-9-17/h5-12,15-16,20H,1-4H3,(H,21,22). The van der Waals surface area contributed by atoms with Gasteiger partial charge in [0.05, 0.1) is 6.04 Å². The zero-order valence-electron chi connectivity index (χ0n) is 13.7. The Kier molecular flexibility index (Phi) is 5.34. The average Bonchev–Trinajstić information content (AvgIpc) is 2.51. The molecule has 0 aromatic heterocycles. The summed E-state index contributed by atoms with van der Waals surface area (Å²) in [6, 6.07) is 16.0. The van der Waals surface area contributed by atoms with Gasteiger partial charge in [0.1, 0.15) is 0 Å². The SMILES string of the molecule is Cc1ccc(NC(=O)C(C)NC(C)c2ccccc2)cc1C. The highest BCUT2D eigenvalue weighted by atomic mass is 16.2. The molecule has 0 spiro atoms. The van der Waals surface area contributed by atoms with Crippen molar-refractivity contribution in [3.63, 3.8) is 0 Å². The van der Waals surface area contributed by atoms with Crippen molar-refractivity contribution >= 4 is 11.6 Å². The molecular formula is C19H24N2O. The average molecular weight is 296 g/mol. The van der Waals surface area contributed by atoms with Crippen LogP contribution in [0.15, 0.2) is 48.5 Å². The Morgan fingerprint density at radius 2 is 1.64 bits per heavy atom. The predicted molar refractivity (Wildman–Crippen MR) is 92.0 cm³/mol. The smallest absolute Gasteiger partial charge is 0.241 e. The topological polar surface area (TPSA) is 41.1 Å². The zero-order chi connectivity index (χ0) is 16.1. The lowest BCUT2D eigenvalue weighted by molar-refractivity contribution is -0.117. The number of rotatable bonds is 5. The van der Waals surface area contributed by atoms with Crippen molar-refractivity contribution in [2.45, 2.75) is 39.8 Å². The van der Waals surface area contributed by atoms with Crippen LogP contribution < -0.4 is 10.6 Å². The van der Waals surface area contributed by atoms with Crippen molar-refractivity contribution in [1.29, 1.82) is 0 Å². The summed E-state index contributed by atoms with van der Waals surface area (Å²) in [4.78, 5) is 12.3. The second kappa shape index (κ2) is 7.23. The Hall–Kier alpha value is -2.13. The molecule has 2 atom stereocenters. The van der Waals surface area contributed by atoms with E-state index in [2.05, 4.69) is 36.6 Å². The molecule has 3 nitrogen and oxygen atoms in total. The summed E-state index contributed by atoms with van der Waals surface area (Å²) < 4.78 is 0. The number of benzene rings is 2. The van der Waals surface area contributed by atoms with E-state index in [1.807, 2.05) is 50.2 Å². The van der Waals surface area contributed by atoms with Gasteiger partial charge in [0, 0.05) is 11.7 Å². The molecule has 116 valence electrons. The Labute approximate surface area is 132 Å². The van der Waals surface area contributed by atoms with Gasteiger partial charge < -0.3 is 5.32 Å². The van der Waals surface area contributed by atoms with Crippen LogP contribution in [0.4, 0.5) is 5.69 Å². The third-order valence-corrected chi connectivity index (χ3v) is 3.97. The van der Waals surface area contributed by atoms with E-state index in [4.69, 9.17) is 0 Å². The molecular weight excluding hydrogens is 272 g/mol. The fourth-order valence-electron chi connectivity index (χ4n) is 2.36. The van der Waals surface area contributed by atoms with Crippen LogP contribution in [0.3, 0.4) is 0 Å². The number of hydrogen-bond acceptors (Lipinski definition) is 2. The summed E-state index contributed by atoms with van der Waals surface area (Å²) in [5, 5.41) is 6.30. The van der Waals surface area contributed by atoms with Crippen LogP contribution in [0, 0.1) is 13.8 Å². The lowest BCUT2D eigenvalue weighted by Gasteiger charge is -2.20. The van der Waals surface area contributed by atoms with E-state index in [0.717, 1.165) is 5.69 Å². The fourth-order valence-corrected chi connectivity index (χ4v) is 2.36. The highest BCUT2D eigenvalue weighted by Gasteiger charge is 2.16. The number of hydrogen-bond donors (Lipinski definition) is 2. The van der Waals surface area contributed by atoms with Gasteiger partial charge in [-0.15, -0.1) is 0 Å². The summed E-state index contributed by atoms with van der Waals surface area (Å²) in [5.41, 5.74) is 4.42. The third-order valence-electron chi connectivity index (χ3n) is 3.97. The minimum absolute atomic E-state index is 0.0222. The first-order valence-corrected chi connectivity index (χ1v) is 7.66. The van der Waals surface area contributed by atoms with Gasteiger partial charge in [-0.1, -0.05) is 36.4 Å². The number of aryl methyl sites for hydroxylation is 2. The van der Waals surface area contributed by atoms with Crippen molar-refractivity contribution in [2.24, 2.45) is 0 Å². The van der Waals surface area contributed by atoms with Crippen LogP contribution in [0.5, 0.6) is 0 Å². The van der Waals surface area contributed by atoms with Crippen molar-refractivity contribution in [2.75, 3.05) is 5.32 Å². The quantitative estimate of drug-likeness (QED) is 0.876. The fraction of sp³-hybridized carbons (Fsp3) is 0.316. The molecule has 0 radical (unpaired) electrons. The van der Waals surface area contributed by atoms with Crippen LogP contribution in [-0.2, 0) is 4.79 Å². The lowest BCUT2D eigenvalue weighted by atomic mass is 10.1. The van der Waals surface area contributed by atoms with Gasteiger partial charge in [-0.05, 0) is 56.5 Å². The normalized spacial score (nSPS) is 13.5. The monoisotopic (exact) mass is 296 g/mol. The van der Waals surface area contributed by atoms with Gasteiger partial charge in [0.2, 0.25) is 5.91 Å². The molecule has 2 N–H and O–H groups in total. The number of anilines is 1. The van der Waals surface area contributed by atoms with Crippen LogP contribution >= 0.6 is 0 Å². The molecule has 0 aliphatic heterocycles. The molecule has 1 amide bonds. The molecule has 22 heavy (non-hydrogen) atoms. The molecule has 0 saturated heterocycles. The summed E-state index contributed by atoms with van der Waals surface area (Å²) in [5.74, 6) is -0.0222. The van der Waals surface area contributed by atoms with Gasteiger partial charge in [-0.25, -0.2) is 0 Å². The van der Waals surface area contributed by atoms with Gasteiger partial charge in [-0.2, -0.15) is 0 Å². The van der Waals surface area contributed by atoms with Crippen molar-refractivity contribution in [1.82, 2.24) is 5.32 Å². The number of amides is 1. The van der Waals surface area contributed by atoms with E-state index in [1.54, 1.807) is 0 Å². The molecule has 0 aliphatic carbocycles. The molecule has 0 bridgehead atoms. The first kappa shape index (κ1) is 16.2. The summed E-state index contributed by atoms with van der Waals surface area (Å²) in [6.07, 6.45) is 0. The molecule has 2 aromatic rings. The van der Waals surface area contributed by atoms with Crippen LogP contribution in [0.25, 0.3) is 0 Å². The van der Waals surface area contributed by atoms with E-state index in [9.17, 15) is 4.79 Å². The summed E-state index contributed by atoms with van der Waals surface area (Å²) >= 11 is 0. The van der Waals surface area contributed by atoms with Gasteiger partial charge >= 0.3 is 0 Å². The molecule has 0 aliphatic rings. The Morgan fingerprint density at radius 3 is 2.27 bits per heavy atom. The van der Waals surface area contributed by atoms with Gasteiger partial charge in [-0.3, -0.25) is 10.1 Å². The largest absolute Gasteiger partial charge is 0.325 e. The highest BCUT2D eigenvalue weighted by molar-refractivity contribution is 5.94. The lowest BCUT2D eigenvalue weighted by Crippen LogP contribution is -2.39. The second-order valence-electron chi connectivity index (χ2n) is 5.81. The number of nitrogens with one attached hydrogen (secondary N) is 2. The van der Waals surface area contributed by atoms with Crippen LogP contribution in [0.2, 0.25) is 0 Å². The van der Waals surface area contributed by atoms with Crippen molar-refractivity contribution in [3.8, 4) is 0 Å². The minimum atomic E-state index is -0.267. The maximum atomic E-state index is 12.3. The minimum Gasteiger partial charge on any atom is -0.325 e. The molecule has 0 saturated carbocycles. The summed E-state index contributed by atoms with van der Waals surface area (Å²) in [6.45, 7) is 8.06. The highest BCUT2D eigenvalue weighted by Crippen LogP contribution is 2.15. The Bertz CT molecular complexity index is 637. The van der Waals surface area contributed by atoms with E-state index >= 15 is 0 Å². The zero-order valence-corrected chi connectivity index (χ0v) is 13.7. The number of carbonyl (C=O) groups is 1. The van der Waals surface area contributed by atoms with Crippen molar-refractivity contribution in [3.05, 3.63) is 65.2 Å². The molecule has 2 aromatic carbocycles. The maximum absolute atomic E-state index is 12.3. The molecule has 0 fully saturated rings. The first-order chi connectivity index (χ1) is 10.5. The Balaban J connectivity index is 1.95. The third kappa shape index (κ3) is 4.18. The predicted octanol–water partition coefficient (Wildman–Crippen LogP) is 3.98. The first-order valence-electron chi connectivity index (χ1n) is 7.66. The molecule has 3 heteroatoms. The van der Waals surface area contributed by atoms with E-state index in [0.29, 0.717) is 0 Å². The molecule has 0 heterocycles. The number of carbonyl (C=O) groups excluding carboxylic acids is 1. The van der Waals surface area contributed by atoms with Crippen LogP contribution in [0.1, 0.15) is 36.6 Å². The van der Waals surface area contributed by atoms with E-state index in [1.165, 1.54) is 16.7 Å². The summed E-state index contributed by atoms with van der Waals surface area (Å²) in [7, 11) is 0. The van der Waals surface area contributed by atoms with Crippen LogP contribution in [-0.4, -0.2) is 11.9 Å². The Morgan fingerprint density at radius 1 is 0.955 bits per heavy atom. The van der Waals surface area contributed by atoms with Gasteiger partial charge in [0.15, 0.2) is 0 Å². The maximum Gasteiger partial charge on any atom is 0.241 e. The van der Waals surface area contributed by atoms with Gasteiger partial charge in [0.25, 0.3) is 0 Å². The van der Waals surface area contributed by atoms with E-state index in [-0.39, 0.29) is 18.0 Å². The van der Waals surface area contributed by atoms with Crippen molar-refractivity contribution < 1.29 is 4.79 Å². The van der Waals surface area contributed by atoms with E-state index < -0.39 is 0 Å². The second-order valence-corrected chi connectivity index (χ2v) is 5.81. The molecule has 2 rings (SSSR count).